The van der Waals surface area contributed by atoms with E-state index in [1.165, 1.54) is 33.8 Å². The fourth-order valence-electron chi connectivity index (χ4n) is 4.47. The van der Waals surface area contributed by atoms with Crippen molar-refractivity contribution in [1.29, 1.82) is 0 Å². The Balaban J connectivity index is 1.48. The maximum atomic E-state index is 3.58. The van der Waals surface area contributed by atoms with Gasteiger partial charge in [0.1, 0.15) is 0 Å². The lowest BCUT2D eigenvalue weighted by atomic mass is 9.92. The molecule has 1 unspecified atom stereocenters. The summed E-state index contributed by atoms with van der Waals surface area (Å²) in [5.41, 5.74) is 7.79. The Bertz CT molecular complexity index is 1180. The number of halogens is 1. The van der Waals surface area contributed by atoms with E-state index in [2.05, 4.69) is 136 Å². The molecule has 32 heavy (non-hydrogen) atoms. The van der Waals surface area contributed by atoms with Crippen molar-refractivity contribution in [3.8, 4) is 0 Å². The van der Waals surface area contributed by atoms with Gasteiger partial charge in [-0.3, -0.25) is 0 Å². The SMILES string of the molecule is Brc1ccc(N(C2=CC=C(c3ccccc3)CC2)c2ccc(C3C=CC=CC3)cc2)cc1. The van der Waals surface area contributed by atoms with Gasteiger partial charge in [0.15, 0.2) is 0 Å². The van der Waals surface area contributed by atoms with Crippen molar-refractivity contribution >= 4 is 32.9 Å². The van der Waals surface area contributed by atoms with Crippen LogP contribution in [-0.2, 0) is 0 Å². The first-order valence-corrected chi connectivity index (χ1v) is 12.0. The number of rotatable bonds is 5. The summed E-state index contributed by atoms with van der Waals surface area (Å²) in [6.07, 6.45) is 16.5. The molecule has 2 heteroatoms. The van der Waals surface area contributed by atoms with Crippen molar-refractivity contribution in [1.82, 2.24) is 0 Å². The highest BCUT2D eigenvalue weighted by atomic mass is 79.9. The largest absolute Gasteiger partial charge is 0.314 e. The van der Waals surface area contributed by atoms with Gasteiger partial charge in [0.05, 0.1) is 0 Å². The zero-order valence-electron chi connectivity index (χ0n) is 18.0. The third kappa shape index (κ3) is 4.56. The van der Waals surface area contributed by atoms with Crippen LogP contribution in [0.4, 0.5) is 11.4 Å². The van der Waals surface area contributed by atoms with Crippen LogP contribution in [0.1, 0.15) is 36.3 Å². The summed E-state index contributed by atoms with van der Waals surface area (Å²) < 4.78 is 1.09. The molecule has 0 radical (unpaired) electrons. The molecule has 0 fully saturated rings. The average molecular weight is 480 g/mol. The Morgan fingerprint density at radius 1 is 0.719 bits per heavy atom. The molecule has 0 saturated heterocycles. The topological polar surface area (TPSA) is 3.24 Å². The van der Waals surface area contributed by atoms with Gasteiger partial charge in [-0.25, -0.2) is 0 Å². The Hall–Kier alpha value is -3.10. The lowest BCUT2D eigenvalue weighted by Crippen LogP contribution is -2.18. The highest BCUT2D eigenvalue weighted by Crippen LogP contribution is 2.37. The van der Waals surface area contributed by atoms with Gasteiger partial charge in [-0.15, -0.1) is 0 Å². The fraction of sp³-hybridized carbons (Fsp3) is 0.133. The van der Waals surface area contributed by atoms with Gasteiger partial charge in [0, 0.05) is 27.5 Å². The molecule has 0 aromatic heterocycles. The standard InChI is InChI=1S/C30H26BrN/c31-27-15-21-30(22-16-27)32(28-17-11-25(12-18-28)23-7-3-1-4-8-23)29-19-13-26(14-20-29)24-9-5-2-6-10-24/h1-9,11,13-17,19-22,24H,10,12,18H2. The van der Waals surface area contributed by atoms with Gasteiger partial charge < -0.3 is 4.90 Å². The summed E-state index contributed by atoms with van der Waals surface area (Å²) in [4.78, 5) is 2.39. The Kier molecular flexibility index (Phi) is 6.22. The van der Waals surface area contributed by atoms with Gasteiger partial charge in [0.25, 0.3) is 0 Å². The molecule has 3 aromatic carbocycles. The molecule has 2 aliphatic rings. The van der Waals surface area contributed by atoms with Crippen molar-refractivity contribution in [2.45, 2.75) is 25.2 Å². The third-order valence-electron chi connectivity index (χ3n) is 6.20. The lowest BCUT2D eigenvalue weighted by molar-refractivity contribution is 0.853. The summed E-state index contributed by atoms with van der Waals surface area (Å²) in [6, 6.07) is 28.4. The fourth-order valence-corrected chi connectivity index (χ4v) is 4.74. The van der Waals surface area contributed by atoms with E-state index in [0.29, 0.717) is 5.92 Å². The first-order chi connectivity index (χ1) is 15.8. The van der Waals surface area contributed by atoms with Crippen molar-refractivity contribution in [2.24, 2.45) is 0 Å². The second-order valence-corrected chi connectivity index (χ2v) is 9.19. The molecule has 1 nitrogen and oxygen atoms in total. The maximum absolute atomic E-state index is 3.58. The van der Waals surface area contributed by atoms with E-state index in [1.807, 2.05) is 0 Å². The van der Waals surface area contributed by atoms with Gasteiger partial charge in [-0.1, -0.05) is 88.8 Å². The molecule has 0 bridgehead atoms. The minimum Gasteiger partial charge on any atom is -0.314 e. The highest BCUT2D eigenvalue weighted by molar-refractivity contribution is 9.10. The van der Waals surface area contributed by atoms with Crippen molar-refractivity contribution in [2.75, 3.05) is 4.90 Å². The predicted molar refractivity (Wildman–Crippen MR) is 140 cm³/mol. The molecule has 158 valence electrons. The molecular formula is C30H26BrN. The molecule has 0 saturated carbocycles. The lowest BCUT2D eigenvalue weighted by Gasteiger charge is -2.30. The molecule has 0 spiro atoms. The minimum atomic E-state index is 0.473. The molecule has 0 N–H and O–H groups in total. The van der Waals surface area contributed by atoms with Crippen LogP contribution in [0.3, 0.4) is 0 Å². The van der Waals surface area contributed by atoms with E-state index in [-0.39, 0.29) is 0 Å². The summed E-state index contributed by atoms with van der Waals surface area (Å²) in [7, 11) is 0. The van der Waals surface area contributed by atoms with Gasteiger partial charge in [-0.2, -0.15) is 0 Å². The number of allylic oxidation sites excluding steroid dienone is 8. The number of anilines is 2. The number of nitrogens with zero attached hydrogens (tertiary/aromatic N) is 1. The normalized spacial score (nSPS) is 17.6. The van der Waals surface area contributed by atoms with Crippen LogP contribution >= 0.6 is 15.9 Å². The van der Waals surface area contributed by atoms with Gasteiger partial charge in [0.2, 0.25) is 0 Å². The van der Waals surface area contributed by atoms with E-state index >= 15 is 0 Å². The van der Waals surface area contributed by atoms with E-state index in [1.54, 1.807) is 0 Å². The van der Waals surface area contributed by atoms with Crippen LogP contribution in [-0.4, -0.2) is 0 Å². The Morgan fingerprint density at radius 3 is 2.06 bits per heavy atom. The second-order valence-electron chi connectivity index (χ2n) is 8.27. The van der Waals surface area contributed by atoms with Crippen LogP contribution in [0.15, 0.2) is 125 Å². The quantitative estimate of drug-likeness (QED) is 0.352. The van der Waals surface area contributed by atoms with Crippen molar-refractivity contribution in [3.05, 3.63) is 137 Å². The van der Waals surface area contributed by atoms with Crippen molar-refractivity contribution in [3.63, 3.8) is 0 Å². The monoisotopic (exact) mass is 479 g/mol. The van der Waals surface area contributed by atoms with E-state index in [0.717, 1.165) is 23.7 Å². The molecule has 1 atom stereocenters. The molecule has 0 amide bonds. The molecule has 5 rings (SSSR count). The Labute approximate surface area is 199 Å². The zero-order chi connectivity index (χ0) is 21.8. The molecule has 2 aliphatic carbocycles. The third-order valence-corrected chi connectivity index (χ3v) is 6.73. The van der Waals surface area contributed by atoms with Gasteiger partial charge in [-0.05, 0) is 78.4 Å². The van der Waals surface area contributed by atoms with Crippen LogP contribution < -0.4 is 4.90 Å². The summed E-state index contributed by atoms with van der Waals surface area (Å²) in [6.45, 7) is 0. The van der Waals surface area contributed by atoms with E-state index in [9.17, 15) is 0 Å². The predicted octanol–water partition coefficient (Wildman–Crippen LogP) is 8.95. The zero-order valence-corrected chi connectivity index (χ0v) is 19.6. The van der Waals surface area contributed by atoms with Gasteiger partial charge >= 0.3 is 0 Å². The van der Waals surface area contributed by atoms with Crippen LogP contribution in [0.5, 0.6) is 0 Å². The number of hydrogen-bond acceptors (Lipinski definition) is 1. The van der Waals surface area contributed by atoms with E-state index in [4.69, 9.17) is 0 Å². The van der Waals surface area contributed by atoms with E-state index < -0.39 is 0 Å². The van der Waals surface area contributed by atoms with Crippen molar-refractivity contribution < 1.29 is 0 Å². The minimum absolute atomic E-state index is 0.473. The summed E-state index contributed by atoms with van der Waals surface area (Å²) in [5.74, 6) is 0.473. The molecular weight excluding hydrogens is 454 g/mol. The number of hydrogen-bond donors (Lipinski definition) is 0. The van der Waals surface area contributed by atoms with Crippen LogP contribution in [0.2, 0.25) is 0 Å². The summed E-state index contributed by atoms with van der Waals surface area (Å²) in [5, 5.41) is 0. The smallest absolute Gasteiger partial charge is 0.0459 e. The average Bonchev–Trinajstić information content (AvgIpc) is 2.87. The van der Waals surface area contributed by atoms with Crippen LogP contribution in [0, 0.1) is 0 Å². The first-order valence-electron chi connectivity index (χ1n) is 11.2. The molecule has 0 heterocycles. The maximum Gasteiger partial charge on any atom is 0.0459 e. The highest BCUT2D eigenvalue weighted by Gasteiger charge is 2.18. The van der Waals surface area contributed by atoms with Crippen LogP contribution in [0.25, 0.3) is 5.57 Å². The first kappa shape index (κ1) is 20.8. The second kappa shape index (κ2) is 9.58. The molecule has 0 aliphatic heterocycles. The Morgan fingerprint density at radius 2 is 1.44 bits per heavy atom. The molecule has 3 aromatic rings. The summed E-state index contributed by atoms with van der Waals surface area (Å²) >= 11 is 3.58. The number of benzene rings is 3.